The first-order chi connectivity index (χ1) is 2.91. The smallest absolute Gasteiger partial charge is 1.00 e. The van der Waals surface area contributed by atoms with Gasteiger partial charge in [0, 0.05) is 0 Å². The molecule has 0 aromatic carbocycles. The average molecular weight is 187 g/mol. The fourth-order valence-corrected chi connectivity index (χ4v) is 0.322. The molecule has 0 unspecified atom stereocenters. The summed E-state index contributed by atoms with van der Waals surface area (Å²) in [6, 6.07) is 0. The van der Waals surface area contributed by atoms with E-state index in [0.717, 1.165) is 6.42 Å². The third-order valence-electron chi connectivity index (χ3n) is 0.724. The third kappa shape index (κ3) is 15.8. The van der Waals surface area contributed by atoms with Gasteiger partial charge in [0.05, 0.1) is 0 Å². The van der Waals surface area contributed by atoms with Gasteiger partial charge in [-0.3, -0.25) is 6.08 Å². The van der Waals surface area contributed by atoms with Crippen molar-refractivity contribution in [3.8, 4) is 0 Å². The van der Waals surface area contributed by atoms with E-state index in [1.54, 1.807) is 6.08 Å². The van der Waals surface area contributed by atoms with Crippen molar-refractivity contribution >= 4 is 23.1 Å². The van der Waals surface area contributed by atoms with Gasteiger partial charge < -0.3 is 23.6 Å². The number of rotatable bonds is 3. The molecule has 0 bridgehead atoms. The van der Waals surface area contributed by atoms with Gasteiger partial charge in [-0.25, -0.2) is 0 Å². The van der Waals surface area contributed by atoms with Crippen molar-refractivity contribution in [2.45, 2.75) is 26.2 Å². The van der Waals surface area contributed by atoms with Crippen molar-refractivity contribution in [3.05, 3.63) is 12.7 Å². The van der Waals surface area contributed by atoms with Crippen molar-refractivity contribution in [3.63, 3.8) is 0 Å². The fourth-order valence-electron chi connectivity index (χ4n) is 0.322. The molecular formula is C6H11BrMg. The molecule has 0 aromatic rings. The van der Waals surface area contributed by atoms with Crippen molar-refractivity contribution in [1.82, 2.24) is 0 Å². The molecule has 0 rings (SSSR count). The van der Waals surface area contributed by atoms with Gasteiger partial charge in [-0.1, -0.05) is 26.2 Å². The molecule has 8 heavy (non-hydrogen) atoms. The summed E-state index contributed by atoms with van der Waals surface area (Å²) >= 11 is 0. The Bertz CT molecular complexity index is 37.5. The quantitative estimate of drug-likeness (QED) is 0.295. The molecule has 0 amide bonds. The third-order valence-corrected chi connectivity index (χ3v) is 0.724. The molecule has 0 aliphatic rings. The summed E-state index contributed by atoms with van der Waals surface area (Å²) in [5.74, 6) is 0. The minimum absolute atomic E-state index is 0. The van der Waals surface area contributed by atoms with E-state index in [4.69, 9.17) is 6.58 Å². The molecule has 0 atom stereocenters. The molecule has 0 nitrogen and oxygen atoms in total. The zero-order chi connectivity index (χ0) is 4.83. The maximum Gasteiger partial charge on any atom is 2.00 e. The Morgan fingerprint density at radius 3 is 2.12 bits per heavy atom. The summed E-state index contributed by atoms with van der Waals surface area (Å²) in [7, 11) is 0. The molecule has 0 aliphatic carbocycles. The van der Waals surface area contributed by atoms with Gasteiger partial charge in [-0.15, -0.1) is 0 Å². The molecule has 0 N–H and O–H groups in total. The largest absolute Gasteiger partial charge is 2.00 e. The van der Waals surface area contributed by atoms with Crippen molar-refractivity contribution in [2.24, 2.45) is 0 Å². The minimum atomic E-state index is 0. The van der Waals surface area contributed by atoms with E-state index in [9.17, 15) is 0 Å². The number of hydrogen-bond acceptors (Lipinski definition) is 0. The van der Waals surface area contributed by atoms with Gasteiger partial charge in [0.25, 0.3) is 0 Å². The fraction of sp³-hybridized carbons (Fsp3) is 0.667. The van der Waals surface area contributed by atoms with E-state index in [2.05, 4.69) is 6.92 Å². The molecule has 0 heterocycles. The van der Waals surface area contributed by atoms with E-state index >= 15 is 0 Å². The normalized spacial score (nSPS) is 6.12. The molecule has 2 heteroatoms. The maximum atomic E-state index is 5.09. The molecule has 0 saturated carbocycles. The summed E-state index contributed by atoms with van der Waals surface area (Å²) in [5.41, 5.74) is 0. The predicted molar refractivity (Wildman–Crippen MR) is 34.1 cm³/mol. The number of allylic oxidation sites excluding steroid dienone is 1. The molecule has 44 valence electrons. The van der Waals surface area contributed by atoms with Gasteiger partial charge in [0.15, 0.2) is 0 Å². The van der Waals surface area contributed by atoms with Crippen LogP contribution in [0.1, 0.15) is 26.2 Å². The molecule has 0 aliphatic heterocycles. The van der Waals surface area contributed by atoms with Gasteiger partial charge in [0.2, 0.25) is 0 Å². The first-order valence-electron chi connectivity index (χ1n) is 2.45. The van der Waals surface area contributed by atoms with Crippen LogP contribution in [0.4, 0.5) is 0 Å². The Kier molecular flexibility index (Phi) is 31.3. The van der Waals surface area contributed by atoms with Crippen LogP contribution < -0.4 is 17.0 Å². The molecular weight excluding hydrogens is 176 g/mol. The zero-order valence-corrected chi connectivity index (χ0v) is 8.36. The van der Waals surface area contributed by atoms with Crippen molar-refractivity contribution in [1.29, 1.82) is 0 Å². The molecule has 0 saturated heterocycles. The summed E-state index contributed by atoms with van der Waals surface area (Å²) in [5, 5.41) is 0. The van der Waals surface area contributed by atoms with Crippen LogP contribution in [0.15, 0.2) is 6.08 Å². The van der Waals surface area contributed by atoms with Crippen LogP contribution in [0.5, 0.6) is 0 Å². The summed E-state index contributed by atoms with van der Waals surface area (Å²) < 4.78 is 0. The number of halogens is 1. The van der Waals surface area contributed by atoms with Crippen LogP contribution in [0.2, 0.25) is 0 Å². The van der Waals surface area contributed by atoms with E-state index in [1.807, 2.05) is 0 Å². The zero-order valence-electron chi connectivity index (χ0n) is 5.36. The van der Waals surface area contributed by atoms with E-state index in [0.29, 0.717) is 0 Å². The average Bonchev–Trinajstić information content (AvgIpc) is 1.61. The van der Waals surface area contributed by atoms with Gasteiger partial charge in [-0.05, 0) is 0 Å². The minimum Gasteiger partial charge on any atom is -1.00 e. The van der Waals surface area contributed by atoms with Crippen LogP contribution in [0, 0.1) is 6.58 Å². The Morgan fingerprint density at radius 1 is 1.50 bits per heavy atom. The summed E-state index contributed by atoms with van der Waals surface area (Å²) in [6.45, 7) is 7.25. The molecule has 0 fully saturated rings. The number of unbranched alkanes of at least 4 members (excludes halogenated alkanes) is 2. The second-order valence-corrected chi connectivity index (χ2v) is 1.38. The standard InChI is InChI=1S/C6H11.BrH.Mg/c1-3-5-6-4-2;;/h1,3H,4-6H2,2H3;1H;/q-1;;+2/p-1. The van der Waals surface area contributed by atoms with Crippen molar-refractivity contribution in [2.75, 3.05) is 0 Å². The topological polar surface area (TPSA) is 0 Å². The van der Waals surface area contributed by atoms with E-state index < -0.39 is 0 Å². The van der Waals surface area contributed by atoms with Crippen molar-refractivity contribution < 1.29 is 17.0 Å². The summed E-state index contributed by atoms with van der Waals surface area (Å²) in [6.07, 6.45) is 5.25. The first kappa shape index (κ1) is 16.0. The molecule has 0 radical (unpaired) electrons. The van der Waals surface area contributed by atoms with Crippen LogP contribution in [0.25, 0.3) is 0 Å². The molecule has 0 aromatic heterocycles. The SMILES string of the molecule is [Br-].[CH-]=CCCCC.[Mg+2]. The van der Waals surface area contributed by atoms with Gasteiger partial charge >= 0.3 is 23.1 Å². The van der Waals surface area contributed by atoms with Crippen LogP contribution in [-0.2, 0) is 0 Å². The van der Waals surface area contributed by atoms with Crippen LogP contribution in [-0.4, -0.2) is 23.1 Å². The Hall–Kier alpha value is 0.986. The second-order valence-electron chi connectivity index (χ2n) is 1.38. The Labute approximate surface area is 78.7 Å². The first-order valence-corrected chi connectivity index (χ1v) is 2.45. The monoisotopic (exact) mass is 186 g/mol. The van der Waals surface area contributed by atoms with E-state index in [-0.39, 0.29) is 40.0 Å². The summed E-state index contributed by atoms with van der Waals surface area (Å²) in [4.78, 5) is 0. The van der Waals surface area contributed by atoms with Gasteiger partial charge in [-0.2, -0.15) is 0 Å². The Balaban J connectivity index is -0.000000125. The van der Waals surface area contributed by atoms with Crippen LogP contribution in [0.3, 0.4) is 0 Å². The maximum absolute atomic E-state index is 5.09. The van der Waals surface area contributed by atoms with Crippen LogP contribution >= 0.6 is 0 Å². The van der Waals surface area contributed by atoms with E-state index in [1.165, 1.54) is 12.8 Å². The van der Waals surface area contributed by atoms with Gasteiger partial charge in [0.1, 0.15) is 0 Å². The number of hydrogen-bond donors (Lipinski definition) is 0. The molecule has 0 spiro atoms. The predicted octanol–water partition coefficient (Wildman–Crippen LogP) is -1.21. The Morgan fingerprint density at radius 2 is 2.00 bits per heavy atom. The second kappa shape index (κ2) is 15.7.